The van der Waals surface area contributed by atoms with Crippen molar-refractivity contribution in [1.82, 2.24) is 0 Å². The van der Waals surface area contributed by atoms with Crippen molar-refractivity contribution in [2.45, 2.75) is 18.8 Å². The smallest absolute Gasteiger partial charge is 0.338 e. The number of aliphatic hydroxyl groups is 1. The maximum atomic E-state index is 12.1. The number of carbonyl (C=O) groups is 1. The van der Waals surface area contributed by atoms with Crippen molar-refractivity contribution in [3.8, 4) is 11.1 Å². The largest absolute Gasteiger partial charge is 0.462 e. The van der Waals surface area contributed by atoms with Crippen molar-refractivity contribution >= 4 is 5.97 Å². The van der Waals surface area contributed by atoms with E-state index in [-0.39, 0.29) is 18.6 Å². The first-order chi connectivity index (χ1) is 11.7. The summed E-state index contributed by atoms with van der Waals surface area (Å²) in [6.07, 6.45) is 1.15. The van der Waals surface area contributed by atoms with E-state index in [0.29, 0.717) is 12.0 Å². The molecule has 3 unspecified atom stereocenters. The van der Waals surface area contributed by atoms with Crippen molar-refractivity contribution in [3.63, 3.8) is 0 Å². The lowest BCUT2D eigenvalue weighted by Crippen LogP contribution is -2.22. The Labute approximate surface area is 141 Å². The topological polar surface area (TPSA) is 55.8 Å². The second kappa shape index (κ2) is 7.43. The number of aliphatic hydroxyl groups excluding tert-OH is 1. The van der Waals surface area contributed by atoms with Gasteiger partial charge in [-0.3, -0.25) is 0 Å². The first-order valence-electron chi connectivity index (χ1n) is 7.96. The molecule has 0 radical (unpaired) electrons. The fourth-order valence-corrected chi connectivity index (χ4v) is 2.76. The Morgan fingerprint density at radius 3 is 2.46 bits per heavy atom. The van der Waals surface area contributed by atoms with Gasteiger partial charge in [-0.1, -0.05) is 48.5 Å². The summed E-state index contributed by atoms with van der Waals surface area (Å²) >= 11 is 0. The van der Waals surface area contributed by atoms with Crippen molar-refractivity contribution in [2.24, 2.45) is 5.92 Å². The number of ether oxygens (including phenoxy) is 2. The zero-order valence-corrected chi connectivity index (χ0v) is 13.3. The summed E-state index contributed by atoms with van der Waals surface area (Å²) in [5.74, 6) is -0.621. The van der Waals surface area contributed by atoms with Gasteiger partial charge < -0.3 is 14.6 Å². The van der Waals surface area contributed by atoms with E-state index >= 15 is 0 Å². The van der Waals surface area contributed by atoms with Crippen LogP contribution in [0.1, 0.15) is 16.8 Å². The lowest BCUT2D eigenvalue weighted by molar-refractivity contribution is -0.105. The van der Waals surface area contributed by atoms with Crippen LogP contribution in [0.2, 0.25) is 0 Å². The monoisotopic (exact) mass is 324 g/mol. The van der Waals surface area contributed by atoms with Gasteiger partial charge in [0, 0.05) is 5.92 Å². The summed E-state index contributed by atoms with van der Waals surface area (Å²) in [6.45, 7) is 3.77. The predicted molar refractivity (Wildman–Crippen MR) is 91.3 cm³/mol. The van der Waals surface area contributed by atoms with Crippen molar-refractivity contribution in [3.05, 3.63) is 72.8 Å². The molecule has 0 bridgehead atoms. The van der Waals surface area contributed by atoms with Gasteiger partial charge in [-0.15, -0.1) is 6.58 Å². The molecule has 0 saturated carbocycles. The standard InChI is InChI=1S/C20H20O4/c1-2-18-12-17(20(22)24-18)13-23-19(21)16-10-8-15(9-11-16)14-6-4-3-5-7-14/h2-11,17-18,20,22H,1,12-13H2. The first-order valence-corrected chi connectivity index (χ1v) is 7.96. The van der Waals surface area contributed by atoms with Crippen LogP contribution in [-0.4, -0.2) is 30.1 Å². The molecule has 1 N–H and O–H groups in total. The average molecular weight is 324 g/mol. The van der Waals surface area contributed by atoms with E-state index in [0.717, 1.165) is 11.1 Å². The molecule has 4 nitrogen and oxygen atoms in total. The Balaban J connectivity index is 1.59. The highest BCUT2D eigenvalue weighted by atomic mass is 16.6. The minimum Gasteiger partial charge on any atom is -0.462 e. The van der Waals surface area contributed by atoms with Crippen LogP contribution in [0, 0.1) is 5.92 Å². The molecule has 1 saturated heterocycles. The van der Waals surface area contributed by atoms with E-state index in [2.05, 4.69) is 6.58 Å². The Morgan fingerprint density at radius 2 is 1.83 bits per heavy atom. The summed E-state index contributed by atoms with van der Waals surface area (Å²) in [4.78, 5) is 12.1. The van der Waals surface area contributed by atoms with Gasteiger partial charge in [-0.05, 0) is 29.7 Å². The molecule has 1 heterocycles. The summed E-state index contributed by atoms with van der Waals surface area (Å²) in [7, 11) is 0. The average Bonchev–Trinajstić information content (AvgIpc) is 3.00. The molecule has 0 spiro atoms. The fourth-order valence-electron chi connectivity index (χ4n) is 2.76. The Bertz CT molecular complexity index is 693. The second-order valence-corrected chi connectivity index (χ2v) is 5.84. The van der Waals surface area contributed by atoms with Gasteiger partial charge in [0.05, 0.1) is 18.3 Å². The molecular formula is C20H20O4. The van der Waals surface area contributed by atoms with Crippen LogP contribution in [-0.2, 0) is 9.47 Å². The Kier molecular flexibility index (Phi) is 5.08. The summed E-state index contributed by atoms with van der Waals surface area (Å²) in [5.41, 5.74) is 2.63. The second-order valence-electron chi connectivity index (χ2n) is 5.84. The number of esters is 1. The highest BCUT2D eigenvalue weighted by molar-refractivity contribution is 5.90. The van der Waals surface area contributed by atoms with Gasteiger partial charge in [0.2, 0.25) is 0 Å². The van der Waals surface area contributed by atoms with Gasteiger partial charge >= 0.3 is 5.97 Å². The maximum Gasteiger partial charge on any atom is 0.338 e. The number of hydrogen-bond acceptors (Lipinski definition) is 4. The molecule has 1 fully saturated rings. The van der Waals surface area contributed by atoms with Gasteiger partial charge in [0.1, 0.15) is 0 Å². The molecule has 24 heavy (non-hydrogen) atoms. The van der Waals surface area contributed by atoms with Crippen LogP contribution < -0.4 is 0 Å². The molecule has 1 aliphatic rings. The molecule has 2 aromatic carbocycles. The van der Waals surface area contributed by atoms with Crippen molar-refractivity contribution < 1.29 is 19.4 Å². The third kappa shape index (κ3) is 3.72. The Hall–Kier alpha value is -2.43. The molecule has 124 valence electrons. The van der Waals surface area contributed by atoms with Crippen molar-refractivity contribution in [1.29, 1.82) is 0 Å². The lowest BCUT2D eigenvalue weighted by Gasteiger charge is -2.13. The van der Waals surface area contributed by atoms with E-state index in [1.807, 2.05) is 42.5 Å². The molecule has 0 amide bonds. The molecule has 0 aliphatic carbocycles. The molecular weight excluding hydrogens is 304 g/mol. The van der Waals surface area contributed by atoms with Crippen LogP contribution in [0.15, 0.2) is 67.3 Å². The highest BCUT2D eigenvalue weighted by Crippen LogP contribution is 2.26. The van der Waals surface area contributed by atoms with Crippen molar-refractivity contribution in [2.75, 3.05) is 6.61 Å². The maximum absolute atomic E-state index is 12.1. The van der Waals surface area contributed by atoms with Crippen LogP contribution in [0.4, 0.5) is 0 Å². The van der Waals surface area contributed by atoms with Crippen LogP contribution >= 0.6 is 0 Å². The third-order valence-electron chi connectivity index (χ3n) is 4.17. The molecule has 1 aliphatic heterocycles. The molecule has 3 rings (SSSR count). The number of carbonyl (C=O) groups excluding carboxylic acids is 1. The molecule has 3 atom stereocenters. The highest BCUT2D eigenvalue weighted by Gasteiger charge is 2.33. The van der Waals surface area contributed by atoms with Crippen LogP contribution in [0.3, 0.4) is 0 Å². The number of hydrogen-bond donors (Lipinski definition) is 1. The van der Waals surface area contributed by atoms with Crippen LogP contribution in [0.5, 0.6) is 0 Å². The minimum atomic E-state index is -0.916. The quantitative estimate of drug-likeness (QED) is 0.676. The number of benzene rings is 2. The van der Waals surface area contributed by atoms with E-state index in [4.69, 9.17) is 9.47 Å². The van der Waals surface area contributed by atoms with Crippen LogP contribution in [0.25, 0.3) is 11.1 Å². The first kappa shape index (κ1) is 16.4. The predicted octanol–water partition coefficient (Wildman–Crippen LogP) is 3.42. The lowest BCUT2D eigenvalue weighted by atomic mass is 10.0. The van der Waals surface area contributed by atoms with Gasteiger partial charge in [0.25, 0.3) is 0 Å². The summed E-state index contributed by atoms with van der Waals surface area (Å²) in [5, 5.41) is 9.78. The fraction of sp³-hybridized carbons (Fsp3) is 0.250. The molecule has 0 aromatic heterocycles. The zero-order valence-electron chi connectivity index (χ0n) is 13.3. The van der Waals surface area contributed by atoms with Gasteiger partial charge in [-0.25, -0.2) is 4.79 Å². The zero-order chi connectivity index (χ0) is 16.9. The van der Waals surface area contributed by atoms with E-state index in [1.165, 1.54) is 0 Å². The van der Waals surface area contributed by atoms with E-state index < -0.39 is 12.3 Å². The third-order valence-corrected chi connectivity index (χ3v) is 4.17. The number of rotatable bonds is 5. The van der Waals surface area contributed by atoms with E-state index in [1.54, 1.807) is 18.2 Å². The summed E-state index contributed by atoms with van der Waals surface area (Å²) < 4.78 is 10.6. The van der Waals surface area contributed by atoms with E-state index in [9.17, 15) is 9.90 Å². The van der Waals surface area contributed by atoms with Gasteiger partial charge in [0.15, 0.2) is 6.29 Å². The molecule has 2 aromatic rings. The molecule has 4 heteroatoms. The normalized spacial score (nSPS) is 23.0. The van der Waals surface area contributed by atoms with Gasteiger partial charge in [-0.2, -0.15) is 0 Å². The Morgan fingerprint density at radius 1 is 1.17 bits per heavy atom. The minimum absolute atomic E-state index is 0.130. The summed E-state index contributed by atoms with van der Waals surface area (Å²) in [6, 6.07) is 17.2. The SMILES string of the molecule is C=CC1CC(COC(=O)c2ccc(-c3ccccc3)cc2)C(O)O1.